The quantitative estimate of drug-likeness (QED) is 0.715. The maximum Gasteiger partial charge on any atom is 0.331 e. The predicted molar refractivity (Wildman–Crippen MR) is 68.6 cm³/mol. The molecule has 0 heterocycles. The highest BCUT2D eigenvalue weighted by Gasteiger charge is 2.20. The number of carboxylic acids is 1. The molecule has 0 rings (SSSR count). The van der Waals surface area contributed by atoms with E-state index in [4.69, 9.17) is 9.84 Å². The number of ether oxygens (including phenoxy) is 1. The SMILES string of the molecule is COCC(C)N(C)C(=O)NC(=O)C(C)=C(C)C(=O)O. The van der Waals surface area contributed by atoms with Gasteiger partial charge in [-0.3, -0.25) is 10.1 Å². The maximum absolute atomic E-state index is 11.7. The van der Waals surface area contributed by atoms with Gasteiger partial charge in [-0.2, -0.15) is 0 Å². The van der Waals surface area contributed by atoms with Gasteiger partial charge in [0.25, 0.3) is 5.91 Å². The molecule has 3 amide bonds. The number of aliphatic carboxylic acids is 1. The number of imide groups is 1. The second kappa shape index (κ2) is 7.52. The van der Waals surface area contributed by atoms with Crippen LogP contribution >= 0.6 is 0 Å². The second-order valence-corrected chi connectivity index (χ2v) is 4.23. The van der Waals surface area contributed by atoms with Crippen LogP contribution in [0.5, 0.6) is 0 Å². The molecule has 0 aromatic rings. The first-order chi connectivity index (χ1) is 8.72. The Balaban J connectivity index is 4.70. The molecule has 0 saturated carbocycles. The first-order valence-electron chi connectivity index (χ1n) is 5.70. The highest BCUT2D eigenvalue weighted by atomic mass is 16.5. The normalized spacial score (nSPS) is 13.3. The van der Waals surface area contributed by atoms with Crippen molar-refractivity contribution in [3.8, 4) is 0 Å². The summed E-state index contributed by atoms with van der Waals surface area (Å²) >= 11 is 0. The fourth-order valence-corrected chi connectivity index (χ4v) is 1.16. The van der Waals surface area contributed by atoms with E-state index in [1.807, 2.05) is 0 Å². The molecule has 0 radical (unpaired) electrons. The maximum atomic E-state index is 11.7. The van der Waals surface area contributed by atoms with Gasteiger partial charge in [0.1, 0.15) is 0 Å². The fourth-order valence-electron chi connectivity index (χ4n) is 1.16. The van der Waals surface area contributed by atoms with Crippen LogP contribution in [0.1, 0.15) is 20.8 Å². The molecule has 0 saturated heterocycles. The van der Waals surface area contributed by atoms with Crippen LogP contribution in [-0.4, -0.2) is 54.7 Å². The van der Waals surface area contributed by atoms with Crippen LogP contribution < -0.4 is 5.32 Å². The molecule has 0 aliphatic heterocycles. The summed E-state index contributed by atoms with van der Waals surface area (Å²) in [4.78, 5) is 35.4. The van der Waals surface area contributed by atoms with E-state index >= 15 is 0 Å². The van der Waals surface area contributed by atoms with Crippen LogP contribution in [0.3, 0.4) is 0 Å². The van der Waals surface area contributed by atoms with Crippen molar-refractivity contribution < 1.29 is 24.2 Å². The van der Waals surface area contributed by atoms with Crippen molar-refractivity contribution in [1.29, 1.82) is 0 Å². The van der Waals surface area contributed by atoms with E-state index in [-0.39, 0.29) is 17.2 Å². The Labute approximate surface area is 112 Å². The van der Waals surface area contributed by atoms with Crippen LogP contribution in [0.4, 0.5) is 4.79 Å². The molecule has 1 unspecified atom stereocenters. The van der Waals surface area contributed by atoms with Crippen molar-refractivity contribution >= 4 is 17.9 Å². The van der Waals surface area contributed by atoms with Crippen molar-refractivity contribution in [2.75, 3.05) is 20.8 Å². The summed E-state index contributed by atoms with van der Waals surface area (Å²) in [7, 11) is 3.03. The zero-order valence-corrected chi connectivity index (χ0v) is 11.8. The molecule has 0 fully saturated rings. The first kappa shape index (κ1) is 17.1. The number of nitrogens with one attached hydrogen (secondary N) is 1. The Bertz CT molecular complexity index is 403. The van der Waals surface area contributed by atoms with Crippen LogP contribution in [0.25, 0.3) is 0 Å². The van der Waals surface area contributed by atoms with E-state index in [9.17, 15) is 14.4 Å². The van der Waals surface area contributed by atoms with Crippen LogP contribution in [-0.2, 0) is 14.3 Å². The van der Waals surface area contributed by atoms with Gasteiger partial charge >= 0.3 is 12.0 Å². The first-order valence-corrected chi connectivity index (χ1v) is 5.70. The minimum Gasteiger partial charge on any atom is -0.478 e. The summed E-state index contributed by atoms with van der Waals surface area (Å²) in [6.45, 7) is 4.75. The van der Waals surface area contributed by atoms with Crippen molar-refractivity contribution in [3.63, 3.8) is 0 Å². The largest absolute Gasteiger partial charge is 0.478 e. The van der Waals surface area contributed by atoms with Gasteiger partial charge in [-0.1, -0.05) is 0 Å². The summed E-state index contributed by atoms with van der Waals surface area (Å²) in [5, 5.41) is 10.9. The monoisotopic (exact) mass is 272 g/mol. The van der Waals surface area contributed by atoms with E-state index in [0.29, 0.717) is 6.61 Å². The molecule has 0 aliphatic rings. The summed E-state index contributed by atoms with van der Waals surface area (Å²) < 4.78 is 4.90. The fraction of sp³-hybridized carbons (Fsp3) is 0.583. The number of rotatable bonds is 5. The number of carbonyl (C=O) groups is 3. The number of methoxy groups -OCH3 is 1. The van der Waals surface area contributed by atoms with E-state index in [1.165, 1.54) is 32.9 Å². The van der Waals surface area contributed by atoms with Gasteiger partial charge < -0.3 is 14.7 Å². The third kappa shape index (κ3) is 5.09. The lowest BCUT2D eigenvalue weighted by molar-refractivity contribution is -0.133. The number of hydrogen-bond donors (Lipinski definition) is 2. The number of hydrogen-bond acceptors (Lipinski definition) is 4. The summed E-state index contributed by atoms with van der Waals surface area (Å²) in [5.74, 6) is -1.91. The molecule has 7 heteroatoms. The van der Waals surface area contributed by atoms with Crippen molar-refractivity contribution in [1.82, 2.24) is 10.2 Å². The third-order valence-corrected chi connectivity index (χ3v) is 2.83. The van der Waals surface area contributed by atoms with Gasteiger partial charge in [0, 0.05) is 25.3 Å². The van der Waals surface area contributed by atoms with E-state index in [1.54, 1.807) is 6.92 Å². The Kier molecular flexibility index (Phi) is 6.78. The molecule has 19 heavy (non-hydrogen) atoms. The summed E-state index contributed by atoms with van der Waals surface area (Å²) in [5.41, 5.74) is -0.105. The molecule has 7 nitrogen and oxygen atoms in total. The molecular weight excluding hydrogens is 252 g/mol. The van der Waals surface area contributed by atoms with Crippen molar-refractivity contribution in [3.05, 3.63) is 11.1 Å². The Morgan fingerprint density at radius 1 is 1.26 bits per heavy atom. The minimum atomic E-state index is -1.19. The zero-order valence-electron chi connectivity index (χ0n) is 11.8. The number of likely N-dealkylation sites (N-methyl/N-ethyl adjacent to an activating group) is 1. The molecule has 0 bridgehead atoms. The smallest absolute Gasteiger partial charge is 0.331 e. The van der Waals surface area contributed by atoms with Gasteiger partial charge in [0.05, 0.1) is 12.6 Å². The predicted octanol–water partition coefficient (Wildman–Crippen LogP) is 0.610. The molecule has 0 aromatic heterocycles. The minimum absolute atomic E-state index is 0.00588. The summed E-state index contributed by atoms with van der Waals surface area (Å²) in [6.07, 6.45) is 0. The lowest BCUT2D eigenvalue weighted by Crippen LogP contribution is -2.46. The Morgan fingerprint density at radius 3 is 2.21 bits per heavy atom. The average molecular weight is 272 g/mol. The molecule has 1 atom stereocenters. The van der Waals surface area contributed by atoms with Gasteiger partial charge in [-0.05, 0) is 20.8 Å². The highest BCUT2D eigenvalue weighted by Crippen LogP contribution is 2.04. The third-order valence-electron chi connectivity index (χ3n) is 2.83. The second-order valence-electron chi connectivity index (χ2n) is 4.23. The average Bonchev–Trinajstić information content (AvgIpc) is 2.35. The molecule has 0 aromatic carbocycles. The number of carboxylic acid groups (broad SMARTS) is 1. The van der Waals surface area contributed by atoms with Crippen molar-refractivity contribution in [2.24, 2.45) is 0 Å². The van der Waals surface area contributed by atoms with Crippen LogP contribution in [0.15, 0.2) is 11.1 Å². The number of nitrogens with zero attached hydrogens (tertiary/aromatic N) is 1. The zero-order chi connectivity index (χ0) is 15.2. The molecule has 108 valence electrons. The standard InChI is InChI=1S/C12H20N2O5/c1-7(6-19-5)14(4)12(18)13-10(15)8(2)9(3)11(16)17/h7H,6H2,1-5H3,(H,16,17)(H,13,15,18). The Hall–Kier alpha value is -1.89. The van der Waals surface area contributed by atoms with E-state index in [2.05, 4.69) is 5.32 Å². The van der Waals surface area contributed by atoms with Gasteiger partial charge in [-0.15, -0.1) is 0 Å². The number of amides is 3. The van der Waals surface area contributed by atoms with Gasteiger partial charge in [0.2, 0.25) is 0 Å². The molecule has 0 aliphatic carbocycles. The van der Waals surface area contributed by atoms with E-state index < -0.39 is 17.9 Å². The van der Waals surface area contributed by atoms with Crippen molar-refractivity contribution in [2.45, 2.75) is 26.8 Å². The molecule has 2 N–H and O–H groups in total. The van der Waals surface area contributed by atoms with Crippen LogP contribution in [0.2, 0.25) is 0 Å². The number of carbonyl (C=O) groups excluding carboxylic acids is 2. The summed E-state index contributed by atoms with van der Waals surface area (Å²) in [6, 6.07) is -0.810. The highest BCUT2D eigenvalue weighted by molar-refractivity contribution is 6.07. The number of urea groups is 1. The molecule has 0 spiro atoms. The van der Waals surface area contributed by atoms with Crippen LogP contribution in [0, 0.1) is 0 Å². The van der Waals surface area contributed by atoms with E-state index in [0.717, 1.165) is 0 Å². The topological polar surface area (TPSA) is 95.9 Å². The Morgan fingerprint density at radius 2 is 1.79 bits per heavy atom. The lowest BCUT2D eigenvalue weighted by atomic mass is 10.1. The van der Waals surface area contributed by atoms with Gasteiger partial charge in [0.15, 0.2) is 0 Å². The molecular formula is C12H20N2O5. The lowest BCUT2D eigenvalue weighted by Gasteiger charge is -2.24. The van der Waals surface area contributed by atoms with Gasteiger partial charge in [-0.25, -0.2) is 9.59 Å².